The van der Waals surface area contributed by atoms with Gasteiger partial charge < -0.3 is 14.0 Å². The maximum absolute atomic E-state index is 14.7. The van der Waals surface area contributed by atoms with E-state index in [2.05, 4.69) is 4.74 Å². The van der Waals surface area contributed by atoms with Gasteiger partial charge in [0, 0.05) is 5.46 Å². The van der Waals surface area contributed by atoms with Crippen molar-refractivity contribution in [2.24, 2.45) is 5.14 Å². The molecule has 0 unspecified atom stereocenters. The smallest absolute Gasteiger partial charge is 0.465 e. The molecule has 24 heavy (non-hydrogen) atoms. The van der Waals surface area contributed by atoms with Crippen LogP contribution < -0.4 is 10.6 Å². The number of rotatable bonds is 3. The van der Waals surface area contributed by atoms with Crippen LogP contribution in [0.25, 0.3) is 0 Å². The van der Waals surface area contributed by atoms with Gasteiger partial charge in [0.2, 0.25) is 10.0 Å². The van der Waals surface area contributed by atoms with Crippen molar-refractivity contribution in [3.63, 3.8) is 0 Å². The molecule has 2 rings (SSSR count). The van der Waals surface area contributed by atoms with Crippen LogP contribution in [0, 0.1) is 5.82 Å². The van der Waals surface area contributed by atoms with Crippen LogP contribution in [0.2, 0.25) is 0 Å². The number of primary sulfonamides is 1. The number of methoxy groups -OCH3 is 1. The monoisotopic (exact) mass is 359 g/mol. The Labute approximate surface area is 140 Å². The van der Waals surface area contributed by atoms with Crippen molar-refractivity contribution in [3.8, 4) is 0 Å². The van der Waals surface area contributed by atoms with E-state index < -0.39 is 50.6 Å². The minimum atomic E-state index is -4.18. The van der Waals surface area contributed by atoms with E-state index in [-0.39, 0.29) is 5.46 Å². The summed E-state index contributed by atoms with van der Waals surface area (Å²) in [4.78, 5) is 11.3. The molecule has 0 amide bonds. The Balaban J connectivity index is 2.64. The molecule has 0 atom stereocenters. The second-order valence-electron chi connectivity index (χ2n) is 6.50. The third kappa shape index (κ3) is 3.19. The summed E-state index contributed by atoms with van der Waals surface area (Å²) >= 11 is 0. The first kappa shape index (κ1) is 18.8. The molecule has 1 saturated heterocycles. The van der Waals surface area contributed by atoms with Crippen LogP contribution in [0.15, 0.2) is 17.0 Å². The Kier molecular flexibility index (Phi) is 4.55. The van der Waals surface area contributed by atoms with E-state index in [4.69, 9.17) is 14.4 Å². The van der Waals surface area contributed by atoms with Crippen molar-refractivity contribution >= 4 is 28.6 Å². The highest BCUT2D eigenvalue weighted by Crippen LogP contribution is 2.37. The number of nitrogens with two attached hydrogens (primary N) is 1. The van der Waals surface area contributed by atoms with E-state index in [0.717, 1.165) is 19.2 Å². The quantitative estimate of drug-likeness (QED) is 0.625. The van der Waals surface area contributed by atoms with Gasteiger partial charge in [0.15, 0.2) is 0 Å². The molecule has 0 aliphatic carbocycles. The molecule has 132 valence electrons. The first-order valence-electron chi connectivity index (χ1n) is 7.10. The van der Waals surface area contributed by atoms with Gasteiger partial charge in [-0.2, -0.15) is 0 Å². The zero-order valence-corrected chi connectivity index (χ0v) is 14.9. The highest BCUT2D eigenvalue weighted by atomic mass is 32.2. The normalized spacial score (nSPS) is 19.4. The van der Waals surface area contributed by atoms with Gasteiger partial charge in [-0.1, -0.05) is 0 Å². The Hall–Kier alpha value is -1.49. The summed E-state index contributed by atoms with van der Waals surface area (Å²) < 4.78 is 54.0. The summed E-state index contributed by atoms with van der Waals surface area (Å²) in [6.45, 7) is 7.04. The minimum absolute atomic E-state index is 0.236. The van der Waals surface area contributed by atoms with Crippen molar-refractivity contribution in [1.29, 1.82) is 0 Å². The SMILES string of the molecule is COC(=O)c1cc(S(N)(=O)=O)cc(B2OC(C)(C)C(C)(C)O2)c1F. The molecule has 1 aromatic carbocycles. The Morgan fingerprint density at radius 3 is 2.12 bits per heavy atom. The number of carbonyl (C=O) groups is 1. The van der Waals surface area contributed by atoms with Gasteiger partial charge in [0.05, 0.1) is 28.8 Å². The molecule has 0 spiro atoms. The van der Waals surface area contributed by atoms with E-state index in [1.165, 1.54) is 0 Å². The fourth-order valence-corrected chi connectivity index (χ4v) is 2.76. The molecule has 1 aromatic rings. The largest absolute Gasteiger partial charge is 0.497 e. The maximum atomic E-state index is 14.7. The highest BCUT2D eigenvalue weighted by Gasteiger charge is 2.53. The molecule has 0 aromatic heterocycles. The van der Waals surface area contributed by atoms with E-state index in [0.29, 0.717) is 0 Å². The molecule has 0 saturated carbocycles. The van der Waals surface area contributed by atoms with Gasteiger partial charge in [-0.15, -0.1) is 0 Å². The lowest BCUT2D eigenvalue weighted by molar-refractivity contribution is 0.00578. The van der Waals surface area contributed by atoms with E-state index in [1.54, 1.807) is 27.7 Å². The van der Waals surface area contributed by atoms with E-state index >= 15 is 0 Å². The summed E-state index contributed by atoms with van der Waals surface area (Å²) in [7, 11) is -4.32. The predicted molar refractivity (Wildman–Crippen MR) is 84.8 cm³/mol. The van der Waals surface area contributed by atoms with Gasteiger partial charge in [0.25, 0.3) is 0 Å². The summed E-state index contributed by atoms with van der Waals surface area (Å²) in [5, 5.41) is 5.11. The molecule has 1 aliphatic rings. The molecule has 1 heterocycles. The minimum Gasteiger partial charge on any atom is -0.465 e. The van der Waals surface area contributed by atoms with Crippen molar-refractivity contribution < 1.29 is 31.6 Å². The van der Waals surface area contributed by atoms with Gasteiger partial charge in [-0.05, 0) is 39.8 Å². The van der Waals surface area contributed by atoms with E-state index in [1.807, 2.05) is 0 Å². The lowest BCUT2D eigenvalue weighted by Crippen LogP contribution is -2.41. The second-order valence-corrected chi connectivity index (χ2v) is 8.06. The predicted octanol–water partition coefficient (Wildman–Crippen LogP) is 0.559. The van der Waals surface area contributed by atoms with Gasteiger partial charge in [-0.3, -0.25) is 0 Å². The summed E-state index contributed by atoms with van der Waals surface area (Å²) in [5.41, 5.74) is -2.34. The van der Waals surface area contributed by atoms with Crippen LogP contribution in [0.4, 0.5) is 4.39 Å². The fraction of sp³-hybridized carbons (Fsp3) is 0.500. The average molecular weight is 359 g/mol. The number of carbonyl (C=O) groups excluding carboxylic acids is 1. The van der Waals surface area contributed by atoms with Crippen molar-refractivity contribution in [2.75, 3.05) is 7.11 Å². The summed E-state index contributed by atoms with van der Waals surface area (Å²) in [6.07, 6.45) is 0. The van der Waals surface area contributed by atoms with Crippen molar-refractivity contribution in [1.82, 2.24) is 0 Å². The van der Waals surface area contributed by atoms with Crippen LogP contribution in [-0.4, -0.2) is 39.8 Å². The molecule has 7 nitrogen and oxygen atoms in total. The topological polar surface area (TPSA) is 105 Å². The molecule has 1 fully saturated rings. The van der Waals surface area contributed by atoms with E-state index in [9.17, 15) is 17.6 Å². The van der Waals surface area contributed by atoms with Crippen LogP contribution >= 0.6 is 0 Å². The summed E-state index contributed by atoms with van der Waals surface area (Å²) in [6, 6.07) is 1.82. The molecule has 0 bridgehead atoms. The van der Waals surface area contributed by atoms with Crippen LogP contribution in [0.5, 0.6) is 0 Å². The molecular weight excluding hydrogens is 340 g/mol. The van der Waals surface area contributed by atoms with Crippen LogP contribution in [0.3, 0.4) is 0 Å². The number of ether oxygens (including phenoxy) is 1. The molecule has 10 heteroatoms. The van der Waals surface area contributed by atoms with Gasteiger partial charge in [0.1, 0.15) is 5.82 Å². The highest BCUT2D eigenvalue weighted by molar-refractivity contribution is 7.89. The number of benzene rings is 1. The van der Waals surface area contributed by atoms with Crippen molar-refractivity contribution in [3.05, 3.63) is 23.5 Å². The maximum Gasteiger partial charge on any atom is 0.497 e. The van der Waals surface area contributed by atoms with Gasteiger partial charge in [-0.25, -0.2) is 22.7 Å². The molecule has 1 aliphatic heterocycles. The Bertz CT molecular complexity index is 777. The second kappa shape index (κ2) is 5.80. The number of hydrogen-bond acceptors (Lipinski definition) is 6. The first-order valence-corrected chi connectivity index (χ1v) is 8.65. The Morgan fingerprint density at radius 2 is 1.71 bits per heavy atom. The number of halogens is 1. The lowest BCUT2D eigenvalue weighted by Gasteiger charge is -2.32. The molecule has 2 N–H and O–H groups in total. The average Bonchev–Trinajstić information content (AvgIpc) is 2.65. The zero-order chi connectivity index (χ0) is 18.5. The Morgan fingerprint density at radius 1 is 1.21 bits per heavy atom. The third-order valence-corrected chi connectivity index (χ3v) is 5.21. The molecule has 0 radical (unpaired) electrons. The summed E-state index contributed by atoms with van der Waals surface area (Å²) in [5.74, 6) is -2.01. The van der Waals surface area contributed by atoms with Gasteiger partial charge >= 0.3 is 13.1 Å². The molecular formula is C14H19BFNO6S. The zero-order valence-electron chi connectivity index (χ0n) is 14.0. The number of sulfonamides is 1. The standard InChI is InChI=1S/C14H19BFNO6S/c1-13(2)14(3,4)23-15(22-13)10-7-8(24(17,19)20)6-9(11(10)16)12(18)21-5/h6-7H,1-5H3,(H2,17,19,20). The van der Waals surface area contributed by atoms with Crippen molar-refractivity contribution in [2.45, 2.75) is 43.8 Å². The van der Waals surface area contributed by atoms with Crippen LogP contribution in [0.1, 0.15) is 38.1 Å². The number of esters is 1. The third-order valence-electron chi connectivity index (χ3n) is 4.32. The fourth-order valence-electron chi connectivity index (χ4n) is 2.18. The number of hydrogen-bond donors (Lipinski definition) is 1. The van der Waals surface area contributed by atoms with Crippen LogP contribution in [-0.2, 0) is 24.1 Å². The lowest BCUT2D eigenvalue weighted by atomic mass is 9.77. The first-order chi connectivity index (χ1) is 10.8.